The number of piperidine rings is 1. The van der Waals surface area contributed by atoms with Gasteiger partial charge in [0, 0.05) is 19.1 Å². The van der Waals surface area contributed by atoms with Crippen molar-refractivity contribution in [3.63, 3.8) is 0 Å². The number of rotatable bonds is 6. The van der Waals surface area contributed by atoms with Crippen LogP contribution in [0, 0.1) is 0 Å². The van der Waals surface area contributed by atoms with Crippen molar-refractivity contribution in [2.75, 3.05) is 25.0 Å². The molecule has 1 fully saturated rings. The Morgan fingerprint density at radius 1 is 1.48 bits per heavy atom. The summed E-state index contributed by atoms with van der Waals surface area (Å²) < 4.78 is 2.20. The first-order valence-electron chi connectivity index (χ1n) is 7.86. The van der Waals surface area contributed by atoms with E-state index in [1.807, 2.05) is 20.2 Å². The van der Waals surface area contributed by atoms with Gasteiger partial charge >= 0.3 is 0 Å². The standard InChI is InChI=1S/C15H25BrN4O/c1-3-9-20-15(21)14(16)13(11-18-20)19-10-5-4-6-12(19)7-8-17-2/h11-12,17H,3-10H2,1-2H3. The summed E-state index contributed by atoms with van der Waals surface area (Å²) in [5.41, 5.74) is 0.931. The van der Waals surface area contributed by atoms with Crippen molar-refractivity contribution in [3.05, 3.63) is 21.0 Å². The molecule has 2 rings (SSSR count). The number of anilines is 1. The fraction of sp³-hybridized carbons (Fsp3) is 0.733. The molecule has 2 heterocycles. The molecule has 0 aromatic carbocycles. The molecule has 1 saturated heterocycles. The SMILES string of the molecule is CCCn1ncc(N2CCCCC2CCNC)c(Br)c1=O. The molecule has 21 heavy (non-hydrogen) atoms. The van der Waals surface area contributed by atoms with Crippen molar-refractivity contribution in [1.29, 1.82) is 0 Å². The number of aromatic nitrogens is 2. The lowest BCUT2D eigenvalue weighted by molar-refractivity contribution is 0.431. The van der Waals surface area contributed by atoms with Crippen LogP contribution in [0.2, 0.25) is 0 Å². The normalized spacial score (nSPS) is 19.0. The summed E-state index contributed by atoms with van der Waals surface area (Å²) in [5, 5.41) is 7.55. The maximum atomic E-state index is 12.4. The molecular formula is C15H25BrN4O. The second-order valence-corrected chi connectivity index (χ2v) is 6.40. The lowest BCUT2D eigenvalue weighted by Crippen LogP contribution is -2.42. The topological polar surface area (TPSA) is 50.2 Å². The molecule has 0 bridgehead atoms. The minimum Gasteiger partial charge on any atom is -0.366 e. The highest BCUT2D eigenvalue weighted by Gasteiger charge is 2.25. The fourth-order valence-electron chi connectivity index (χ4n) is 2.96. The van der Waals surface area contributed by atoms with Crippen LogP contribution in [0.4, 0.5) is 5.69 Å². The highest BCUT2D eigenvalue weighted by atomic mass is 79.9. The zero-order valence-corrected chi connectivity index (χ0v) is 14.5. The number of halogens is 1. The third-order valence-electron chi connectivity index (χ3n) is 4.07. The zero-order valence-electron chi connectivity index (χ0n) is 12.9. The molecule has 0 amide bonds. The first-order chi connectivity index (χ1) is 10.2. The summed E-state index contributed by atoms with van der Waals surface area (Å²) in [6, 6.07) is 0.491. The van der Waals surface area contributed by atoms with Gasteiger partial charge in [0.1, 0.15) is 4.47 Å². The molecule has 1 atom stereocenters. The highest BCUT2D eigenvalue weighted by Crippen LogP contribution is 2.29. The van der Waals surface area contributed by atoms with Crippen LogP contribution in [0.3, 0.4) is 0 Å². The van der Waals surface area contributed by atoms with Crippen molar-refractivity contribution in [1.82, 2.24) is 15.1 Å². The van der Waals surface area contributed by atoms with Gasteiger partial charge in [0.15, 0.2) is 0 Å². The average molecular weight is 357 g/mol. The molecule has 1 N–H and O–H groups in total. The van der Waals surface area contributed by atoms with E-state index in [0.717, 1.165) is 31.6 Å². The first kappa shape index (κ1) is 16.5. The van der Waals surface area contributed by atoms with E-state index in [4.69, 9.17) is 0 Å². The Balaban J connectivity index is 2.26. The van der Waals surface area contributed by atoms with Gasteiger partial charge in [-0.15, -0.1) is 0 Å². The molecule has 5 nitrogen and oxygen atoms in total. The Morgan fingerprint density at radius 3 is 3.00 bits per heavy atom. The molecule has 1 aliphatic heterocycles. The molecule has 0 saturated carbocycles. The van der Waals surface area contributed by atoms with Crippen LogP contribution in [0.15, 0.2) is 15.5 Å². The highest BCUT2D eigenvalue weighted by molar-refractivity contribution is 9.10. The number of aryl methyl sites for hydroxylation is 1. The largest absolute Gasteiger partial charge is 0.366 e. The van der Waals surface area contributed by atoms with Gasteiger partial charge in [-0.1, -0.05) is 6.92 Å². The van der Waals surface area contributed by atoms with Gasteiger partial charge < -0.3 is 10.2 Å². The summed E-state index contributed by atoms with van der Waals surface area (Å²) in [4.78, 5) is 14.7. The molecule has 0 spiro atoms. The maximum Gasteiger partial charge on any atom is 0.283 e. The smallest absolute Gasteiger partial charge is 0.283 e. The van der Waals surface area contributed by atoms with Gasteiger partial charge in [-0.3, -0.25) is 4.79 Å². The van der Waals surface area contributed by atoms with Crippen molar-refractivity contribution in [2.24, 2.45) is 0 Å². The summed E-state index contributed by atoms with van der Waals surface area (Å²) in [5.74, 6) is 0. The van der Waals surface area contributed by atoms with Crippen molar-refractivity contribution >= 4 is 21.6 Å². The summed E-state index contributed by atoms with van der Waals surface area (Å²) in [6.45, 7) is 4.72. The van der Waals surface area contributed by atoms with Crippen LogP contribution in [-0.2, 0) is 6.54 Å². The average Bonchev–Trinajstić information content (AvgIpc) is 2.51. The Morgan fingerprint density at radius 2 is 2.29 bits per heavy atom. The summed E-state index contributed by atoms with van der Waals surface area (Å²) in [7, 11) is 1.98. The van der Waals surface area contributed by atoms with Gasteiger partial charge in [0.2, 0.25) is 0 Å². The van der Waals surface area contributed by atoms with E-state index in [1.54, 1.807) is 4.68 Å². The molecular weight excluding hydrogens is 332 g/mol. The predicted molar refractivity (Wildman–Crippen MR) is 90.0 cm³/mol. The fourth-order valence-corrected chi connectivity index (χ4v) is 3.49. The molecule has 0 radical (unpaired) electrons. The van der Waals surface area contributed by atoms with E-state index >= 15 is 0 Å². The van der Waals surface area contributed by atoms with Crippen LogP contribution in [0.5, 0.6) is 0 Å². The minimum atomic E-state index is -0.0210. The maximum absolute atomic E-state index is 12.4. The van der Waals surface area contributed by atoms with Crippen LogP contribution in [0.25, 0.3) is 0 Å². The third-order valence-corrected chi connectivity index (χ3v) is 4.81. The van der Waals surface area contributed by atoms with E-state index in [1.165, 1.54) is 19.3 Å². The van der Waals surface area contributed by atoms with E-state index in [9.17, 15) is 4.79 Å². The van der Waals surface area contributed by atoms with Crippen LogP contribution in [0.1, 0.15) is 39.0 Å². The number of nitrogens with zero attached hydrogens (tertiary/aromatic N) is 3. The minimum absolute atomic E-state index is 0.0210. The van der Waals surface area contributed by atoms with Gasteiger partial charge in [-0.2, -0.15) is 5.10 Å². The second-order valence-electron chi connectivity index (χ2n) is 5.61. The Bertz CT molecular complexity index is 517. The second kappa shape index (κ2) is 7.94. The lowest BCUT2D eigenvalue weighted by atomic mass is 9.99. The van der Waals surface area contributed by atoms with Crippen LogP contribution >= 0.6 is 15.9 Å². The Kier molecular flexibility index (Phi) is 6.23. The van der Waals surface area contributed by atoms with E-state index in [2.05, 4.69) is 31.2 Å². The van der Waals surface area contributed by atoms with Gasteiger partial charge in [-0.25, -0.2) is 4.68 Å². The third kappa shape index (κ3) is 3.86. The Hall–Kier alpha value is -0.880. The molecule has 1 unspecified atom stereocenters. The van der Waals surface area contributed by atoms with E-state index < -0.39 is 0 Å². The van der Waals surface area contributed by atoms with Crippen molar-refractivity contribution in [3.8, 4) is 0 Å². The summed E-state index contributed by atoms with van der Waals surface area (Å²) >= 11 is 3.50. The van der Waals surface area contributed by atoms with E-state index in [-0.39, 0.29) is 5.56 Å². The quantitative estimate of drug-likeness (QED) is 0.849. The number of hydrogen-bond acceptors (Lipinski definition) is 4. The van der Waals surface area contributed by atoms with Gasteiger partial charge in [-0.05, 0) is 61.6 Å². The Labute approximate surface area is 134 Å². The molecule has 1 aromatic rings. The van der Waals surface area contributed by atoms with Crippen LogP contribution in [-0.4, -0.2) is 36.0 Å². The predicted octanol–water partition coefficient (Wildman–Crippen LogP) is 2.38. The lowest BCUT2D eigenvalue weighted by Gasteiger charge is -2.38. The molecule has 1 aromatic heterocycles. The monoisotopic (exact) mass is 356 g/mol. The zero-order chi connectivity index (χ0) is 15.2. The van der Waals surface area contributed by atoms with Gasteiger partial charge in [0.25, 0.3) is 5.56 Å². The summed E-state index contributed by atoms with van der Waals surface area (Å²) in [6.07, 6.45) is 7.49. The molecule has 118 valence electrons. The molecule has 0 aliphatic carbocycles. The first-order valence-corrected chi connectivity index (χ1v) is 8.65. The van der Waals surface area contributed by atoms with E-state index in [0.29, 0.717) is 17.1 Å². The van der Waals surface area contributed by atoms with Crippen molar-refractivity contribution in [2.45, 2.75) is 51.6 Å². The molecule has 1 aliphatic rings. The van der Waals surface area contributed by atoms with Crippen LogP contribution < -0.4 is 15.8 Å². The number of hydrogen-bond donors (Lipinski definition) is 1. The molecule has 6 heteroatoms. The number of nitrogens with one attached hydrogen (secondary N) is 1. The van der Waals surface area contributed by atoms with Gasteiger partial charge in [0.05, 0.1) is 11.9 Å². The van der Waals surface area contributed by atoms with Crippen molar-refractivity contribution < 1.29 is 0 Å².